The van der Waals surface area contributed by atoms with Crippen LogP contribution < -0.4 is 5.69 Å². The Hall–Kier alpha value is -4.31. The van der Waals surface area contributed by atoms with Crippen LogP contribution in [0, 0.1) is 0 Å². The molecule has 0 bridgehead atoms. The molecule has 6 rings (SSSR count). The summed E-state index contributed by atoms with van der Waals surface area (Å²) in [4.78, 5) is 29.7. The molecule has 0 radical (unpaired) electrons. The molecule has 40 heavy (non-hydrogen) atoms. The van der Waals surface area contributed by atoms with E-state index in [4.69, 9.17) is 16.3 Å². The maximum atomic E-state index is 14.1. The third kappa shape index (κ3) is 4.38. The summed E-state index contributed by atoms with van der Waals surface area (Å²) in [6.07, 6.45) is -0.989. The van der Waals surface area contributed by atoms with Crippen molar-refractivity contribution >= 4 is 28.6 Å². The Morgan fingerprint density at radius 3 is 2.45 bits per heavy atom. The largest absolute Gasteiger partial charge is 0.465 e. The normalized spacial score (nSPS) is 14.4. The number of alkyl halides is 3. The summed E-state index contributed by atoms with van der Waals surface area (Å²) in [6, 6.07) is 19.4. The molecule has 7 nitrogen and oxygen atoms in total. The van der Waals surface area contributed by atoms with Crippen LogP contribution in [0.15, 0.2) is 84.0 Å². The van der Waals surface area contributed by atoms with Crippen LogP contribution in [0.1, 0.15) is 40.0 Å². The minimum absolute atomic E-state index is 0.186. The molecule has 2 heterocycles. The second kappa shape index (κ2) is 9.41. The first-order valence-electron chi connectivity index (χ1n) is 12.4. The molecular formula is C29H22ClF3N4O3. The number of hydrogen-bond acceptors (Lipinski definition) is 4. The number of halogens is 4. The topological polar surface area (TPSA) is 71.0 Å². The lowest BCUT2D eigenvalue weighted by Crippen LogP contribution is -2.32. The molecule has 0 amide bonds. The number of imidazole rings is 2. The van der Waals surface area contributed by atoms with Gasteiger partial charge in [-0.2, -0.15) is 13.2 Å². The molecule has 0 aliphatic heterocycles. The fourth-order valence-electron chi connectivity index (χ4n) is 5.20. The zero-order valence-corrected chi connectivity index (χ0v) is 21.9. The summed E-state index contributed by atoms with van der Waals surface area (Å²) >= 11 is 6.34. The Balaban J connectivity index is 1.41. The number of fused-ring (bicyclic) bond motifs is 1. The van der Waals surface area contributed by atoms with E-state index in [0.717, 1.165) is 23.7 Å². The van der Waals surface area contributed by atoms with Crippen LogP contribution in [0.2, 0.25) is 5.02 Å². The van der Waals surface area contributed by atoms with Gasteiger partial charge >= 0.3 is 17.8 Å². The Morgan fingerprint density at radius 1 is 1.05 bits per heavy atom. The maximum absolute atomic E-state index is 14.1. The van der Waals surface area contributed by atoms with E-state index in [9.17, 15) is 22.8 Å². The standard InChI is InChI=1S/C29H22ClF3N4O3/c1-40-26(38)19-3-2-4-20(13-19)28(11-12-28)37-23-10-7-21(30)14-24(23)36(27(37)39)22-8-5-18(6-9-22)15-35-16-25(34-17-35)29(31,32)33/h2-10,13-14,16-17H,11-12,15H2,1H3. The van der Waals surface area contributed by atoms with Gasteiger partial charge < -0.3 is 9.30 Å². The Kier molecular flexibility index (Phi) is 6.10. The van der Waals surface area contributed by atoms with Crippen molar-refractivity contribution in [3.05, 3.63) is 117 Å². The molecule has 2 aromatic heterocycles. The summed E-state index contributed by atoms with van der Waals surface area (Å²) in [6.45, 7) is 0.186. The average Bonchev–Trinajstić information content (AvgIpc) is 3.49. The number of nitrogens with zero attached hydrogens (tertiary/aromatic N) is 4. The Bertz CT molecular complexity index is 1820. The molecule has 0 saturated heterocycles. The molecular weight excluding hydrogens is 545 g/mol. The summed E-state index contributed by atoms with van der Waals surface area (Å²) in [5.74, 6) is -0.454. The molecule has 5 aromatic rings. The predicted octanol–water partition coefficient (Wildman–Crippen LogP) is 6.03. The molecule has 11 heteroatoms. The number of esters is 1. The number of rotatable bonds is 6. The molecule has 1 saturated carbocycles. The van der Waals surface area contributed by atoms with E-state index in [1.807, 2.05) is 12.1 Å². The van der Waals surface area contributed by atoms with Gasteiger partial charge in [0.15, 0.2) is 5.69 Å². The maximum Gasteiger partial charge on any atom is 0.434 e. The molecule has 0 atom stereocenters. The van der Waals surface area contributed by atoms with Crippen molar-refractivity contribution in [3.8, 4) is 5.69 Å². The van der Waals surface area contributed by atoms with Gasteiger partial charge in [0.2, 0.25) is 0 Å². The number of aromatic nitrogens is 4. The predicted molar refractivity (Wildman–Crippen MR) is 143 cm³/mol. The van der Waals surface area contributed by atoms with Crippen molar-refractivity contribution in [2.45, 2.75) is 31.1 Å². The van der Waals surface area contributed by atoms with Crippen molar-refractivity contribution < 1.29 is 22.7 Å². The third-order valence-electron chi connectivity index (χ3n) is 7.26. The van der Waals surface area contributed by atoms with Gasteiger partial charge in [-0.1, -0.05) is 35.9 Å². The summed E-state index contributed by atoms with van der Waals surface area (Å²) in [7, 11) is 1.32. The number of benzene rings is 3. The highest BCUT2D eigenvalue weighted by atomic mass is 35.5. The number of carbonyl (C=O) groups excluding carboxylic acids is 1. The van der Waals surface area contributed by atoms with E-state index in [1.54, 1.807) is 63.7 Å². The average molecular weight is 567 g/mol. The first-order valence-corrected chi connectivity index (χ1v) is 12.8. The smallest absolute Gasteiger partial charge is 0.434 e. The van der Waals surface area contributed by atoms with E-state index < -0.39 is 23.4 Å². The van der Waals surface area contributed by atoms with E-state index in [0.29, 0.717) is 40.1 Å². The minimum Gasteiger partial charge on any atom is -0.465 e. The van der Waals surface area contributed by atoms with Crippen molar-refractivity contribution in [1.82, 2.24) is 18.7 Å². The fraction of sp³-hybridized carbons (Fsp3) is 0.207. The van der Waals surface area contributed by atoms with Crippen LogP contribution in [-0.4, -0.2) is 31.8 Å². The number of hydrogen-bond donors (Lipinski definition) is 0. The minimum atomic E-state index is -4.51. The number of ether oxygens (including phenoxy) is 1. The SMILES string of the molecule is COC(=O)c1cccc(C2(n3c(=O)n(-c4ccc(Cn5cnc(C(F)(F)F)c5)cc4)c4cc(Cl)ccc43)CC2)c1. The highest BCUT2D eigenvalue weighted by molar-refractivity contribution is 6.31. The van der Waals surface area contributed by atoms with E-state index >= 15 is 0 Å². The second-order valence-electron chi connectivity index (χ2n) is 9.79. The lowest BCUT2D eigenvalue weighted by Gasteiger charge is -2.19. The first kappa shape index (κ1) is 25.9. The van der Waals surface area contributed by atoms with Crippen LogP contribution in [-0.2, 0) is 23.0 Å². The second-order valence-corrected chi connectivity index (χ2v) is 10.2. The lowest BCUT2D eigenvalue weighted by atomic mass is 10.0. The Labute approximate surface area is 231 Å². The molecule has 1 aliphatic rings. The van der Waals surface area contributed by atoms with Gasteiger partial charge in [-0.15, -0.1) is 0 Å². The molecule has 1 aliphatic carbocycles. The molecule has 0 unspecified atom stereocenters. The molecule has 3 aromatic carbocycles. The van der Waals surface area contributed by atoms with Crippen LogP contribution in [0.3, 0.4) is 0 Å². The van der Waals surface area contributed by atoms with Gasteiger partial charge in [0.25, 0.3) is 0 Å². The van der Waals surface area contributed by atoms with Gasteiger partial charge in [-0.05, 0) is 66.4 Å². The zero-order valence-electron chi connectivity index (χ0n) is 21.2. The highest BCUT2D eigenvalue weighted by Crippen LogP contribution is 2.50. The highest BCUT2D eigenvalue weighted by Gasteiger charge is 2.49. The van der Waals surface area contributed by atoms with Crippen LogP contribution in [0.4, 0.5) is 13.2 Å². The molecule has 0 N–H and O–H groups in total. The van der Waals surface area contributed by atoms with Crippen LogP contribution >= 0.6 is 11.6 Å². The first-order chi connectivity index (χ1) is 19.1. The number of methoxy groups -OCH3 is 1. The van der Waals surface area contributed by atoms with Gasteiger partial charge in [0.05, 0.1) is 41.3 Å². The van der Waals surface area contributed by atoms with Gasteiger partial charge in [0, 0.05) is 17.8 Å². The summed E-state index contributed by atoms with van der Waals surface area (Å²) in [5.41, 5.74) is 2.02. The quantitative estimate of drug-likeness (QED) is 0.235. The van der Waals surface area contributed by atoms with Gasteiger partial charge in [0.1, 0.15) is 0 Å². The van der Waals surface area contributed by atoms with E-state index in [-0.39, 0.29) is 12.2 Å². The molecule has 204 valence electrons. The Morgan fingerprint density at radius 2 is 1.80 bits per heavy atom. The summed E-state index contributed by atoms with van der Waals surface area (Å²) in [5, 5.41) is 0.466. The third-order valence-corrected chi connectivity index (χ3v) is 7.49. The zero-order chi connectivity index (χ0) is 28.2. The van der Waals surface area contributed by atoms with Crippen LogP contribution in [0.5, 0.6) is 0 Å². The van der Waals surface area contributed by atoms with Crippen molar-refractivity contribution in [2.75, 3.05) is 7.11 Å². The fourth-order valence-corrected chi connectivity index (χ4v) is 5.37. The van der Waals surface area contributed by atoms with E-state index in [2.05, 4.69) is 4.98 Å². The van der Waals surface area contributed by atoms with Gasteiger partial charge in [-0.3, -0.25) is 9.13 Å². The van der Waals surface area contributed by atoms with Crippen LogP contribution in [0.25, 0.3) is 16.7 Å². The lowest BCUT2D eigenvalue weighted by molar-refractivity contribution is -0.140. The van der Waals surface area contributed by atoms with Crippen molar-refractivity contribution in [3.63, 3.8) is 0 Å². The monoisotopic (exact) mass is 566 g/mol. The summed E-state index contributed by atoms with van der Waals surface area (Å²) < 4.78 is 48.3. The molecule has 0 spiro atoms. The van der Waals surface area contributed by atoms with Crippen molar-refractivity contribution in [1.29, 1.82) is 0 Å². The molecule has 1 fully saturated rings. The van der Waals surface area contributed by atoms with Crippen molar-refractivity contribution in [2.24, 2.45) is 0 Å². The van der Waals surface area contributed by atoms with E-state index in [1.165, 1.54) is 11.7 Å². The van der Waals surface area contributed by atoms with Gasteiger partial charge in [-0.25, -0.2) is 14.6 Å². The number of carbonyl (C=O) groups is 1.